The zero-order chi connectivity index (χ0) is 15.8. The van der Waals surface area contributed by atoms with Crippen LogP contribution in [0, 0.1) is 0 Å². The molecule has 2 aliphatic rings. The fourth-order valence-corrected chi connectivity index (χ4v) is 3.67. The predicted octanol–water partition coefficient (Wildman–Crippen LogP) is 2.12. The maximum Gasteiger partial charge on any atom is 0.322 e. The van der Waals surface area contributed by atoms with Gasteiger partial charge in [0.2, 0.25) is 0 Å². The number of carbonyl (C=O) groups is 1. The average molecular weight is 308 g/mol. The van der Waals surface area contributed by atoms with Crippen molar-refractivity contribution in [1.82, 2.24) is 10.2 Å². The van der Waals surface area contributed by atoms with Crippen molar-refractivity contribution in [2.24, 2.45) is 0 Å². The summed E-state index contributed by atoms with van der Waals surface area (Å²) < 4.78 is 0. The van der Waals surface area contributed by atoms with Crippen molar-refractivity contribution in [3.05, 3.63) is 59.2 Å². The van der Waals surface area contributed by atoms with E-state index in [0.29, 0.717) is 6.54 Å². The quantitative estimate of drug-likeness (QED) is 0.778. The van der Waals surface area contributed by atoms with E-state index in [9.17, 15) is 4.79 Å². The first-order valence-corrected chi connectivity index (χ1v) is 8.09. The maximum absolute atomic E-state index is 11.1. The molecule has 0 spiro atoms. The van der Waals surface area contributed by atoms with Gasteiger partial charge in [0.1, 0.15) is 6.04 Å². The van der Waals surface area contributed by atoms with Gasteiger partial charge in [-0.1, -0.05) is 42.5 Å². The van der Waals surface area contributed by atoms with Crippen LogP contribution in [0.25, 0.3) is 11.1 Å². The Morgan fingerprint density at radius 3 is 2.87 bits per heavy atom. The molecule has 1 heterocycles. The number of carboxylic acid groups (broad SMARTS) is 1. The van der Waals surface area contributed by atoms with Crippen molar-refractivity contribution >= 4 is 5.97 Å². The first-order valence-electron chi connectivity index (χ1n) is 8.09. The van der Waals surface area contributed by atoms with Gasteiger partial charge < -0.3 is 10.4 Å². The van der Waals surface area contributed by atoms with Gasteiger partial charge in [-0.05, 0) is 34.2 Å². The number of carboxylic acids is 1. The van der Waals surface area contributed by atoms with Crippen LogP contribution >= 0.6 is 0 Å². The minimum Gasteiger partial charge on any atom is -0.480 e. The number of benzene rings is 2. The molecule has 1 saturated heterocycles. The Morgan fingerprint density at radius 2 is 2.00 bits per heavy atom. The zero-order valence-electron chi connectivity index (χ0n) is 13.0. The molecule has 4 nitrogen and oxygen atoms in total. The summed E-state index contributed by atoms with van der Waals surface area (Å²) in [5.74, 6) is -0.765. The Morgan fingerprint density at radius 1 is 1.17 bits per heavy atom. The van der Waals surface area contributed by atoms with Gasteiger partial charge in [-0.3, -0.25) is 9.69 Å². The van der Waals surface area contributed by atoms with Crippen molar-refractivity contribution in [1.29, 1.82) is 0 Å². The summed E-state index contributed by atoms with van der Waals surface area (Å²) in [6, 6.07) is 14.8. The van der Waals surface area contributed by atoms with E-state index in [0.717, 1.165) is 26.1 Å². The lowest BCUT2D eigenvalue weighted by Crippen LogP contribution is -2.53. The minimum atomic E-state index is -0.765. The van der Waals surface area contributed by atoms with Crippen LogP contribution in [0.15, 0.2) is 42.5 Å². The first kappa shape index (κ1) is 14.4. The van der Waals surface area contributed by atoms with Crippen LogP contribution in [0.2, 0.25) is 0 Å². The second-order valence-electron chi connectivity index (χ2n) is 6.41. The molecule has 1 aliphatic carbocycles. The number of hydrogen-bond donors (Lipinski definition) is 2. The van der Waals surface area contributed by atoms with Crippen LogP contribution in [0.3, 0.4) is 0 Å². The molecule has 23 heavy (non-hydrogen) atoms. The molecule has 2 N–H and O–H groups in total. The summed E-state index contributed by atoms with van der Waals surface area (Å²) in [6.45, 7) is 3.00. The largest absolute Gasteiger partial charge is 0.480 e. The van der Waals surface area contributed by atoms with E-state index in [4.69, 9.17) is 5.11 Å². The molecule has 118 valence electrons. The molecule has 1 atom stereocenters. The summed E-state index contributed by atoms with van der Waals surface area (Å²) in [5.41, 5.74) is 6.74. The molecule has 0 saturated carbocycles. The van der Waals surface area contributed by atoms with Crippen LogP contribution in [0.4, 0.5) is 0 Å². The second kappa shape index (κ2) is 5.80. The smallest absolute Gasteiger partial charge is 0.322 e. The van der Waals surface area contributed by atoms with Gasteiger partial charge >= 0.3 is 5.97 Å². The van der Waals surface area contributed by atoms with Crippen LogP contribution in [-0.2, 0) is 17.8 Å². The van der Waals surface area contributed by atoms with Gasteiger partial charge in [0.05, 0.1) is 0 Å². The third kappa shape index (κ3) is 2.76. The number of nitrogens with one attached hydrogen (secondary N) is 1. The molecule has 0 aromatic heterocycles. The molecule has 0 bridgehead atoms. The van der Waals surface area contributed by atoms with E-state index in [1.807, 2.05) is 0 Å². The first-order chi connectivity index (χ1) is 11.2. The summed E-state index contributed by atoms with van der Waals surface area (Å²) in [7, 11) is 0. The summed E-state index contributed by atoms with van der Waals surface area (Å²) in [4.78, 5) is 13.4. The summed E-state index contributed by atoms with van der Waals surface area (Å²) >= 11 is 0. The lowest BCUT2D eigenvalue weighted by atomic mass is 10.0. The van der Waals surface area contributed by atoms with Crippen molar-refractivity contribution in [2.75, 3.05) is 19.6 Å². The van der Waals surface area contributed by atoms with Crippen LogP contribution in [0.1, 0.15) is 16.7 Å². The van der Waals surface area contributed by atoms with Gasteiger partial charge in [-0.15, -0.1) is 0 Å². The Bertz CT molecular complexity index is 757. The Labute approximate surface area is 135 Å². The molecule has 0 radical (unpaired) electrons. The molecule has 1 fully saturated rings. The highest BCUT2D eigenvalue weighted by atomic mass is 16.4. The average Bonchev–Trinajstić information content (AvgIpc) is 2.92. The molecular weight excluding hydrogens is 288 g/mol. The highest BCUT2D eigenvalue weighted by Gasteiger charge is 2.25. The monoisotopic (exact) mass is 308 g/mol. The number of piperazine rings is 1. The number of aliphatic carboxylic acids is 1. The third-order valence-corrected chi connectivity index (χ3v) is 4.82. The number of rotatable bonds is 3. The van der Waals surface area contributed by atoms with Crippen molar-refractivity contribution in [3.63, 3.8) is 0 Å². The van der Waals surface area contributed by atoms with E-state index < -0.39 is 12.0 Å². The van der Waals surface area contributed by atoms with Crippen LogP contribution < -0.4 is 5.32 Å². The fourth-order valence-electron chi connectivity index (χ4n) is 3.67. The minimum absolute atomic E-state index is 0.456. The molecule has 0 amide bonds. The van der Waals surface area contributed by atoms with E-state index in [1.54, 1.807) is 0 Å². The second-order valence-corrected chi connectivity index (χ2v) is 6.41. The molecule has 4 heteroatoms. The molecule has 1 unspecified atom stereocenters. The van der Waals surface area contributed by atoms with Crippen molar-refractivity contribution in [3.8, 4) is 11.1 Å². The van der Waals surface area contributed by atoms with Gasteiger partial charge in [0.15, 0.2) is 0 Å². The normalized spacial score (nSPS) is 20.1. The lowest BCUT2D eigenvalue weighted by molar-refractivity contribution is -0.140. The molecule has 2 aromatic rings. The van der Waals surface area contributed by atoms with Crippen molar-refractivity contribution in [2.45, 2.75) is 19.0 Å². The van der Waals surface area contributed by atoms with E-state index in [2.05, 4.69) is 52.7 Å². The van der Waals surface area contributed by atoms with Gasteiger partial charge in [0, 0.05) is 26.2 Å². The van der Waals surface area contributed by atoms with E-state index >= 15 is 0 Å². The third-order valence-electron chi connectivity index (χ3n) is 4.82. The summed E-state index contributed by atoms with van der Waals surface area (Å²) in [5, 5.41) is 12.2. The topological polar surface area (TPSA) is 52.6 Å². The highest BCUT2D eigenvalue weighted by molar-refractivity contribution is 5.77. The number of hydrogen-bond acceptors (Lipinski definition) is 3. The van der Waals surface area contributed by atoms with Gasteiger partial charge in [-0.2, -0.15) is 0 Å². The molecule has 2 aromatic carbocycles. The number of nitrogens with zero attached hydrogens (tertiary/aromatic N) is 1. The molecular formula is C19H20N2O2. The maximum atomic E-state index is 11.1. The van der Waals surface area contributed by atoms with E-state index in [1.165, 1.54) is 27.8 Å². The molecule has 4 rings (SSSR count). The molecule has 1 aliphatic heterocycles. The van der Waals surface area contributed by atoms with Gasteiger partial charge in [0.25, 0.3) is 0 Å². The summed E-state index contributed by atoms with van der Waals surface area (Å²) in [6.07, 6.45) is 0.999. The number of fused-ring (bicyclic) bond motifs is 3. The Balaban J connectivity index is 1.51. The SMILES string of the molecule is O=C(O)C1CN(Cc2ccc3c(c2)Cc2ccccc2-3)CCN1. The van der Waals surface area contributed by atoms with Gasteiger partial charge in [-0.25, -0.2) is 0 Å². The highest BCUT2D eigenvalue weighted by Crippen LogP contribution is 2.36. The fraction of sp³-hybridized carbons (Fsp3) is 0.316. The Kier molecular flexibility index (Phi) is 3.63. The van der Waals surface area contributed by atoms with Crippen molar-refractivity contribution < 1.29 is 9.90 Å². The lowest BCUT2D eigenvalue weighted by Gasteiger charge is -2.31. The van der Waals surface area contributed by atoms with Crippen LogP contribution in [-0.4, -0.2) is 41.7 Å². The Hall–Kier alpha value is -2.17. The standard InChI is InChI=1S/C19H20N2O2/c22-19(23)18-12-21(8-7-20-18)11-13-5-6-17-15(9-13)10-14-3-1-2-4-16(14)17/h1-6,9,18,20H,7-8,10-12H2,(H,22,23). The zero-order valence-corrected chi connectivity index (χ0v) is 13.0. The predicted molar refractivity (Wildman–Crippen MR) is 89.4 cm³/mol. The van der Waals surface area contributed by atoms with Crippen LogP contribution in [0.5, 0.6) is 0 Å². The van der Waals surface area contributed by atoms with E-state index in [-0.39, 0.29) is 0 Å².